The summed E-state index contributed by atoms with van der Waals surface area (Å²) in [5, 5.41) is 9.28. The number of fused-ring (bicyclic) bond motifs is 7. The summed E-state index contributed by atoms with van der Waals surface area (Å²) in [6, 6.07) is 26.8. The van der Waals surface area contributed by atoms with E-state index in [0.717, 1.165) is 0 Å². The molecule has 0 aliphatic rings. The van der Waals surface area contributed by atoms with Crippen molar-refractivity contribution in [2.45, 2.75) is 6.92 Å². The number of nitrogens with zero attached hydrogens (tertiary/aromatic N) is 2. The van der Waals surface area contributed by atoms with Crippen molar-refractivity contribution in [3.63, 3.8) is 0 Å². The van der Waals surface area contributed by atoms with Gasteiger partial charge in [0.25, 0.3) is 0 Å². The fourth-order valence-corrected chi connectivity index (χ4v) is 5.40. The zero-order valence-corrected chi connectivity index (χ0v) is 16.4. The first-order valence-electron chi connectivity index (χ1n) is 10.1. The molecule has 0 radical (unpaired) electrons. The van der Waals surface area contributed by atoms with Crippen LogP contribution in [0.3, 0.4) is 0 Å². The van der Waals surface area contributed by atoms with Gasteiger partial charge in [0, 0.05) is 22.2 Å². The molecule has 2 heteroatoms. The largest absolute Gasteiger partial charge is 0.307 e. The van der Waals surface area contributed by atoms with Crippen LogP contribution in [0.2, 0.25) is 0 Å². The maximum Gasteiger partial charge on any atom is 0.224 e. The van der Waals surface area contributed by atoms with E-state index in [9.17, 15) is 0 Å². The maximum absolute atomic E-state index is 2.49. The zero-order chi connectivity index (χ0) is 19.3. The predicted octanol–water partition coefficient (Wildman–Crippen LogP) is 6.28. The zero-order valence-electron chi connectivity index (χ0n) is 16.4. The van der Waals surface area contributed by atoms with E-state index in [0.29, 0.717) is 0 Å². The van der Waals surface area contributed by atoms with Gasteiger partial charge in [-0.05, 0) is 35.4 Å². The summed E-state index contributed by atoms with van der Waals surface area (Å²) >= 11 is 0. The van der Waals surface area contributed by atoms with Gasteiger partial charge in [0.1, 0.15) is 7.05 Å². The Morgan fingerprint density at radius 2 is 1.48 bits per heavy atom. The number of hydrogen-bond acceptors (Lipinski definition) is 0. The van der Waals surface area contributed by atoms with Crippen molar-refractivity contribution in [3.05, 3.63) is 84.6 Å². The summed E-state index contributed by atoms with van der Waals surface area (Å²) in [6.45, 7) is 2.24. The molecule has 29 heavy (non-hydrogen) atoms. The van der Waals surface area contributed by atoms with Gasteiger partial charge in [0.2, 0.25) is 5.52 Å². The standard InChI is InChI=1S/C27H19N2/c1-16-11-12-21-19-9-5-6-10-22(19)29-23-15-17-7-3-4-8-18(17)20-13-14-28(2)27(25(20)23)24(16)26(21)29/h3-15H,1-2H3/q+1. The molecule has 0 atom stereocenters. The normalized spacial score (nSPS) is 12.5. The molecule has 0 aliphatic carbocycles. The highest BCUT2D eigenvalue weighted by molar-refractivity contribution is 6.29. The molecule has 3 heterocycles. The molecule has 0 amide bonds. The molecule has 0 aliphatic heterocycles. The van der Waals surface area contributed by atoms with E-state index in [2.05, 4.69) is 102 Å². The van der Waals surface area contributed by atoms with E-state index in [1.165, 1.54) is 65.3 Å². The third-order valence-electron chi connectivity index (χ3n) is 6.65. The number of rotatable bonds is 0. The fraction of sp³-hybridized carbons (Fsp3) is 0.0741. The summed E-state index contributed by atoms with van der Waals surface area (Å²) in [7, 11) is 2.17. The van der Waals surface area contributed by atoms with E-state index in [4.69, 9.17) is 0 Å². The van der Waals surface area contributed by atoms with Crippen LogP contribution in [0.4, 0.5) is 0 Å². The molecule has 0 saturated heterocycles. The Morgan fingerprint density at radius 1 is 0.690 bits per heavy atom. The van der Waals surface area contributed by atoms with Crippen LogP contribution < -0.4 is 4.57 Å². The second-order valence-electron chi connectivity index (χ2n) is 8.19. The Labute approximate surface area is 167 Å². The van der Waals surface area contributed by atoms with Gasteiger partial charge in [0.05, 0.1) is 27.3 Å². The minimum absolute atomic E-state index is 1.28. The summed E-state index contributed by atoms with van der Waals surface area (Å²) in [5.41, 5.74) is 6.54. The molecule has 0 spiro atoms. The monoisotopic (exact) mass is 371 g/mol. The highest BCUT2D eigenvalue weighted by atomic mass is 15.0. The lowest BCUT2D eigenvalue weighted by Gasteiger charge is -2.14. The van der Waals surface area contributed by atoms with Crippen LogP contribution in [0.5, 0.6) is 0 Å². The van der Waals surface area contributed by atoms with Crippen molar-refractivity contribution in [2.75, 3.05) is 0 Å². The molecule has 7 rings (SSSR count). The predicted molar refractivity (Wildman–Crippen MR) is 122 cm³/mol. The molecule has 0 saturated carbocycles. The highest BCUT2D eigenvalue weighted by Gasteiger charge is 2.24. The molecule has 0 bridgehead atoms. The van der Waals surface area contributed by atoms with Crippen molar-refractivity contribution in [3.8, 4) is 0 Å². The third kappa shape index (κ3) is 1.71. The Morgan fingerprint density at radius 3 is 2.38 bits per heavy atom. The first-order chi connectivity index (χ1) is 14.2. The van der Waals surface area contributed by atoms with E-state index in [1.54, 1.807) is 0 Å². The Kier molecular flexibility index (Phi) is 2.66. The molecular formula is C27H19N2+. The molecule has 136 valence electrons. The summed E-state index contributed by atoms with van der Waals surface area (Å²) in [4.78, 5) is 0. The number of benzene rings is 4. The van der Waals surface area contributed by atoms with Crippen molar-refractivity contribution >= 4 is 59.8 Å². The molecule has 0 N–H and O–H groups in total. The molecular weight excluding hydrogens is 352 g/mol. The highest BCUT2D eigenvalue weighted by Crippen LogP contribution is 2.42. The molecule has 0 fully saturated rings. The van der Waals surface area contributed by atoms with Crippen molar-refractivity contribution in [1.82, 2.24) is 4.40 Å². The lowest BCUT2D eigenvalue weighted by Crippen LogP contribution is -2.28. The van der Waals surface area contributed by atoms with E-state index >= 15 is 0 Å². The lowest BCUT2D eigenvalue weighted by atomic mass is 9.96. The molecule has 4 aromatic carbocycles. The van der Waals surface area contributed by atoms with Crippen LogP contribution in [-0.4, -0.2) is 4.40 Å². The fourth-order valence-electron chi connectivity index (χ4n) is 5.40. The summed E-state index contributed by atoms with van der Waals surface area (Å²) in [5.74, 6) is 0. The van der Waals surface area contributed by atoms with E-state index in [-0.39, 0.29) is 0 Å². The van der Waals surface area contributed by atoms with Crippen molar-refractivity contribution in [1.29, 1.82) is 0 Å². The third-order valence-corrected chi connectivity index (χ3v) is 6.65. The molecule has 7 aromatic rings. The van der Waals surface area contributed by atoms with E-state index in [1.807, 2.05) is 0 Å². The number of aryl methyl sites for hydroxylation is 2. The first kappa shape index (κ1) is 15.3. The van der Waals surface area contributed by atoms with Crippen LogP contribution >= 0.6 is 0 Å². The maximum atomic E-state index is 2.49. The molecule has 0 unspecified atom stereocenters. The van der Waals surface area contributed by atoms with Gasteiger partial charge in [0.15, 0.2) is 6.20 Å². The quantitative estimate of drug-likeness (QED) is 0.169. The molecule has 2 nitrogen and oxygen atoms in total. The summed E-state index contributed by atoms with van der Waals surface area (Å²) < 4.78 is 4.79. The lowest BCUT2D eigenvalue weighted by molar-refractivity contribution is -0.643. The van der Waals surface area contributed by atoms with Crippen LogP contribution in [0.25, 0.3) is 59.8 Å². The molecule has 3 aromatic heterocycles. The second-order valence-corrected chi connectivity index (χ2v) is 8.19. The minimum atomic E-state index is 1.28. The minimum Gasteiger partial charge on any atom is -0.307 e. The van der Waals surface area contributed by atoms with Crippen molar-refractivity contribution in [2.24, 2.45) is 7.05 Å². The van der Waals surface area contributed by atoms with Crippen LogP contribution in [0.15, 0.2) is 79.0 Å². The van der Waals surface area contributed by atoms with Gasteiger partial charge in [-0.2, -0.15) is 0 Å². The summed E-state index contributed by atoms with van der Waals surface area (Å²) in [6.07, 6.45) is 2.21. The van der Waals surface area contributed by atoms with E-state index < -0.39 is 0 Å². The average molecular weight is 371 g/mol. The van der Waals surface area contributed by atoms with Gasteiger partial charge >= 0.3 is 0 Å². The topological polar surface area (TPSA) is 8.29 Å². The number of pyridine rings is 2. The SMILES string of the molecule is Cc1ccc2c3ccccc3n3c4cc5ccccc5c5cc[n+](C)c(c1c23)c54. The van der Waals surface area contributed by atoms with Gasteiger partial charge in [-0.3, -0.25) is 0 Å². The Bertz CT molecular complexity index is 1770. The Hall–Kier alpha value is -3.65. The van der Waals surface area contributed by atoms with Crippen LogP contribution in [0.1, 0.15) is 5.56 Å². The second kappa shape index (κ2) is 5.03. The van der Waals surface area contributed by atoms with Gasteiger partial charge in [-0.25, -0.2) is 4.57 Å². The van der Waals surface area contributed by atoms with Gasteiger partial charge in [-0.15, -0.1) is 0 Å². The number of para-hydroxylation sites is 1. The first-order valence-corrected chi connectivity index (χ1v) is 10.1. The number of hydrogen-bond donors (Lipinski definition) is 0. The Balaban J connectivity index is 2.00. The number of aromatic nitrogens is 2. The van der Waals surface area contributed by atoms with Crippen LogP contribution in [-0.2, 0) is 7.05 Å². The van der Waals surface area contributed by atoms with Crippen LogP contribution in [0, 0.1) is 6.92 Å². The average Bonchev–Trinajstić information content (AvgIpc) is 3.08. The smallest absolute Gasteiger partial charge is 0.224 e. The van der Waals surface area contributed by atoms with Crippen molar-refractivity contribution < 1.29 is 4.57 Å². The van der Waals surface area contributed by atoms with Gasteiger partial charge in [-0.1, -0.05) is 54.6 Å². The van der Waals surface area contributed by atoms with Gasteiger partial charge < -0.3 is 4.40 Å².